The third-order valence-corrected chi connectivity index (χ3v) is 6.84. The number of nitrogens with one attached hydrogen (secondary N) is 1. The first-order valence-corrected chi connectivity index (χ1v) is 12.5. The highest BCUT2D eigenvalue weighted by atomic mass is 16.1. The van der Waals surface area contributed by atoms with E-state index in [1.54, 1.807) is 0 Å². The van der Waals surface area contributed by atoms with Crippen molar-refractivity contribution in [2.45, 2.75) is 33.1 Å². The van der Waals surface area contributed by atoms with Crippen LogP contribution in [0.5, 0.6) is 0 Å². The average Bonchev–Trinajstić information content (AvgIpc) is 2.85. The summed E-state index contributed by atoms with van der Waals surface area (Å²) in [6.07, 6.45) is 4.79. The molecule has 0 unspecified atom stereocenters. The molecule has 2 fully saturated rings. The van der Waals surface area contributed by atoms with Gasteiger partial charge in [-0.2, -0.15) is 0 Å². The number of rotatable bonds is 8. The van der Waals surface area contributed by atoms with Crippen LogP contribution in [0.2, 0.25) is 0 Å². The minimum atomic E-state index is 0.0979. The van der Waals surface area contributed by atoms with Crippen molar-refractivity contribution >= 4 is 11.7 Å². The van der Waals surface area contributed by atoms with Crippen LogP contribution in [0, 0.1) is 12.8 Å². The number of aryl methyl sites for hydroxylation is 1. The standard InChI is InChI=1S/C26H38N6O/c1-3-12-30-16-18-31(19-17-30)15-11-28-26(33)22-8-13-32(14-9-22)24-7-10-27-25(29-24)23-6-4-5-21(2)20-23/h4-7,10,20,22H,3,8-9,11-19H2,1-2H3,(H,28,33). The van der Waals surface area contributed by atoms with Crippen molar-refractivity contribution in [3.63, 3.8) is 0 Å². The Morgan fingerprint density at radius 1 is 1.03 bits per heavy atom. The van der Waals surface area contributed by atoms with Crippen molar-refractivity contribution in [3.05, 3.63) is 42.1 Å². The van der Waals surface area contributed by atoms with Gasteiger partial charge in [0.1, 0.15) is 5.82 Å². The van der Waals surface area contributed by atoms with Gasteiger partial charge < -0.3 is 15.1 Å². The molecule has 4 rings (SSSR count). The predicted octanol–water partition coefficient (Wildman–Crippen LogP) is 2.81. The minimum absolute atomic E-state index is 0.0979. The molecule has 2 aromatic rings. The Morgan fingerprint density at radius 2 is 1.76 bits per heavy atom. The first-order chi connectivity index (χ1) is 16.1. The number of anilines is 1. The first kappa shape index (κ1) is 23.6. The van der Waals surface area contributed by atoms with Crippen LogP contribution in [-0.4, -0.2) is 84.6 Å². The van der Waals surface area contributed by atoms with E-state index in [9.17, 15) is 4.79 Å². The number of benzene rings is 1. The molecule has 7 nitrogen and oxygen atoms in total. The van der Waals surface area contributed by atoms with Gasteiger partial charge in [0.15, 0.2) is 5.82 Å². The Balaban J connectivity index is 1.21. The Labute approximate surface area is 198 Å². The number of carbonyl (C=O) groups excluding carboxylic acids is 1. The average molecular weight is 451 g/mol. The summed E-state index contributed by atoms with van der Waals surface area (Å²) in [6, 6.07) is 10.3. The Hall–Kier alpha value is -2.51. The van der Waals surface area contributed by atoms with Crippen LogP contribution in [-0.2, 0) is 4.79 Å². The maximum atomic E-state index is 12.7. The van der Waals surface area contributed by atoms with E-state index in [2.05, 4.69) is 51.0 Å². The van der Waals surface area contributed by atoms with Crippen LogP contribution in [0.1, 0.15) is 31.7 Å². The van der Waals surface area contributed by atoms with Crippen LogP contribution in [0.3, 0.4) is 0 Å². The molecule has 1 N–H and O–H groups in total. The summed E-state index contributed by atoms with van der Waals surface area (Å²) in [5.74, 6) is 2.01. The highest BCUT2D eigenvalue weighted by Gasteiger charge is 2.26. The maximum absolute atomic E-state index is 12.7. The summed E-state index contributed by atoms with van der Waals surface area (Å²) in [6.45, 7) is 13.4. The van der Waals surface area contributed by atoms with Crippen molar-refractivity contribution in [2.75, 3.05) is 63.8 Å². The zero-order chi connectivity index (χ0) is 23.0. The van der Waals surface area contributed by atoms with E-state index in [-0.39, 0.29) is 11.8 Å². The minimum Gasteiger partial charge on any atom is -0.356 e. The number of aromatic nitrogens is 2. The molecule has 1 amide bonds. The second-order valence-corrected chi connectivity index (χ2v) is 9.34. The van der Waals surface area contributed by atoms with Gasteiger partial charge in [0.2, 0.25) is 5.91 Å². The van der Waals surface area contributed by atoms with Gasteiger partial charge in [-0.25, -0.2) is 9.97 Å². The summed E-state index contributed by atoms with van der Waals surface area (Å²) < 4.78 is 0. The Morgan fingerprint density at radius 3 is 2.45 bits per heavy atom. The van der Waals surface area contributed by atoms with Gasteiger partial charge in [-0.05, 0) is 44.9 Å². The SMILES string of the molecule is CCCN1CCN(CCNC(=O)C2CCN(c3ccnc(-c4cccc(C)c4)n3)CC2)CC1. The van der Waals surface area contributed by atoms with Gasteiger partial charge in [-0.1, -0.05) is 30.7 Å². The van der Waals surface area contributed by atoms with E-state index in [1.807, 2.05) is 24.4 Å². The summed E-state index contributed by atoms with van der Waals surface area (Å²) in [5.41, 5.74) is 2.24. The molecule has 33 heavy (non-hydrogen) atoms. The highest BCUT2D eigenvalue weighted by Crippen LogP contribution is 2.24. The topological polar surface area (TPSA) is 64.6 Å². The van der Waals surface area contributed by atoms with Gasteiger partial charge >= 0.3 is 0 Å². The summed E-state index contributed by atoms with van der Waals surface area (Å²) in [5, 5.41) is 3.19. The number of carbonyl (C=O) groups is 1. The molecule has 178 valence electrons. The van der Waals surface area contributed by atoms with E-state index >= 15 is 0 Å². The van der Waals surface area contributed by atoms with E-state index in [4.69, 9.17) is 4.98 Å². The number of hydrogen-bond donors (Lipinski definition) is 1. The van der Waals surface area contributed by atoms with E-state index in [0.717, 1.165) is 82.4 Å². The first-order valence-electron chi connectivity index (χ1n) is 12.5. The molecule has 0 saturated carbocycles. The molecular weight excluding hydrogens is 412 g/mol. The Bertz CT molecular complexity index is 903. The lowest BCUT2D eigenvalue weighted by Gasteiger charge is -2.35. The van der Waals surface area contributed by atoms with Crippen molar-refractivity contribution in [1.82, 2.24) is 25.1 Å². The normalized spacial score (nSPS) is 18.4. The molecule has 2 aliphatic heterocycles. The zero-order valence-corrected chi connectivity index (χ0v) is 20.2. The van der Waals surface area contributed by atoms with Gasteiger partial charge in [-0.3, -0.25) is 9.69 Å². The van der Waals surface area contributed by atoms with Gasteiger partial charge in [0.25, 0.3) is 0 Å². The van der Waals surface area contributed by atoms with Crippen LogP contribution in [0.25, 0.3) is 11.4 Å². The number of piperidine rings is 1. The molecule has 0 bridgehead atoms. The molecule has 0 spiro atoms. The molecule has 2 aliphatic rings. The summed E-state index contributed by atoms with van der Waals surface area (Å²) in [4.78, 5) is 29.3. The van der Waals surface area contributed by atoms with Crippen molar-refractivity contribution in [2.24, 2.45) is 5.92 Å². The number of piperazine rings is 1. The van der Waals surface area contributed by atoms with Crippen molar-refractivity contribution < 1.29 is 4.79 Å². The fourth-order valence-corrected chi connectivity index (χ4v) is 4.85. The zero-order valence-electron chi connectivity index (χ0n) is 20.2. The molecule has 0 aliphatic carbocycles. The third kappa shape index (κ3) is 6.51. The smallest absolute Gasteiger partial charge is 0.223 e. The van der Waals surface area contributed by atoms with Crippen LogP contribution in [0.15, 0.2) is 36.5 Å². The second kappa shape index (κ2) is 11.6. The van der Waals surface area contributed by atoms with Crippen LogP contribution < -0.4 is 10.2 Å². The molecule has 0 atom stereocenters. The molecule has 7 heteroatoms. The largest absolute Gasteiger partial charge is 0.356 e. The number of nitrogens with zero attached hydrogens (tertiary/aromatic N) is 5. The summed E-state index contributed by atoms with van der Waals surface area (Å²) in [7, 11) is 0. The predicted molar refractivity (Wildman–Crippen MR) is 133 cm³/mol. The maximum Gasteiger partial charge on any atom is 0.223 e. The van der Waals surface area contributed by atoms with Crippen LogP contribution >= 0.6 is 0 Å². The van der Waals surface area contributed by atoms with Crippen molar-refractivity contribution in [3.8, 4) is 11.4 Å². The number of amides is 1. The lowest BCUT2D eigenvalue weighted by Crippen LogP contribution is -2.49. The molecule has 1 aromatic carbocycles. The fraction of sp³-hybridized carbons (Fsp3) is 0.577. The molecule has 0 radical (unpaired) electrons. The van der Waals surface area contributed by atoms with Gasteiger partial charge in [-0.15, -0.1) is 0 Å². The highest BCUT2D eigenvalue weighted by molar-refractivity contribution is 5.79. The lowest BCUT2D eigenvalue weighted by atomic mass is 9.96. The van der Waals surface area contributed by atoms with E-state index in [0.29, 0.717) is 0 Å². The van der Waals surface area contributed by atoms with Gasteiger partial charge in [0, 0.05) is 70.0 Å². The summed E-state index contributed by atoms with van der Waals surface area (Å²) >= 11 is 0. The third-order valence-electron chi connectivity index (χ3n) is 6.84. The van der Waals surface area contributed by atoms with E-state index < -0.39 is 0 Å². The number of hydrogen-bond acceptors (Lipinski definition) is 6. The molecule has 2 saturated heterocycles. The quantitative estimate of drug-likeness (QED) is 0.667. The molecule has 3 heterocycles. The second-order valence-electron chi connectivity index (χ2n) is 9.34. The van der Waals surface area contributed by atoms with Crippen molar-refractivity contribution in [1.29, 1.82) is 0 Å². The van der Waals surface area contributed by atoms with Gasteiger partial charge in [0.05, 0.1) is 0 Å². The lowest BCUT2D eigenvalue weighted by molar-refractivity contribution is -0.125. The van der Waals surface area contributed by atoms with Crippen LogP contribution in [0.4, 0.5) is 5.82 Å². The molecular formula is C26H38N6O. The van der Waals surface area contributed by atoms with E-state index in [1.165, 1.54) is 18.5 Å². The monoisotopic (exact) mass is 450 g/mol. The molecule has 1 aromatic heterocycles. The Kier molecular flexibility index (Phi) is 8.29. The fourth-order valence-electron chi connectivity index (χ4n) is 4.85.